The monoisotopic (exact) mass is 242 g/mol. The fraction of sp³-hybridized carbons (Fsp3) is 0.0714. The molecular formula is C14H10O2S. The fourth-order valence-electron chi connectivity index (χ4n) is 1.78. The number of hydrogen-bond donors (Lipinski definition) is 0. The minimum absolute atomic E-state index is 0.446. The molecule has 2 nitrogen and oxygen atoms in total. The van der Waals surface area contributed by atoms with Crippen LogP contribution >= 0.6 is 12.2 Å². The molecule has 1 aliphatic heterocycles. The third kappa shape index (κ3) is 1.89. The Morgan fingerprint density at radius 1 is 0.824 bits per heavy atom. The van der Waals surface area contributed by atoms with E-state index in [9.17, 15) is 0 Å². The summed E-state index contributed by atoms with van der Waals surface area (Å²) in [4.78, 5) is 0. The first-order chi connectivity index (χ1) is 8.34. The molecule has 0 aromatic heterocycles. The van der Waals surface area contributed by atoms with E-state index in [-0.39, 0.29) is 0 Å². The number of thiocarbonyl (C=S) groups is 1. The van der Waals surface area contributed by atoms with Crippen molar-refractivity contribution < 1.29 is 9.47 Å². The van der Waals surface area contributed by atoms with Crippen LogP contribution in [0.25, 0.3) is 0 Å². The topological polar surface area (TPSA) is 18.5 Å². The second kappa shape index (κ2) is 4.18. The van der Waals surface area contributed by atoms with Crippen molar-refractivity contribution in [1.82, 2.24) is 0 Å². The van der Waals surface area contributed by atoms with Crippen molar-refractivity contribution in [3.8, 4) is 5.75 Å². The van der Waals surface area contributed by atoms with Gasteiger partial charge in [0.25, 0.3) is 6.29 Å². The Morgan fingerprint density at radius 2 is 1.53 bits per heavy atom. The first-order valence-corrected chi connectivity index (χ1v) is 5.77. The lowest BCUT2D eigenvalue weighted by molar-refractivity contribution is -0.0137. The van der Waals surface area contributed by atoms with Crippen LogP contribution in [-0.2, 0) is 4.74 Å². The molecule has 2 aromatic carbocycles. The van der Waals surface area contributed by atoms with Crippen molar-refractivity contribution in [2.24, 2.45) is 0 Å². The summed E-state index contributed by atoms with van der Waals surface area (Å²) in [5, 5.41) is 0.487. The van der Waals surface area contributed by atoms with E-state index in [0.29, 0.717) is 5.05 Å². The molecule has 0 amide bonds. The molecule has 1 heterocycles. The molecule has 3 rings (SSSR count). The van der Waals surface area contributed by atoms with E-state index in [1.165, 1.54) is 0 Å². The number of hydrogen-bond acceptors (Lipinski definition) is 3. The van der Waals surface area contributed by atoms with Crippen molar-refractivity contribution in [2.75, 3.05) is 0 Å². The summed E-state index contributed by atoms with van der Waals surface area (Å²) in [5.74, 6) is 0.776. The second-order valence-corrected chi connectivity index (χ2v) is 4.13. The Bertz CT molecular complexity index is 551. The number of rotatable bonds is 1. The van der Waals surface area contributed by atoms with Gasteiger partial charge >= 0.3 is 0 Å². The van der Waals surface area contributed by atoms with E-state index < -0.39 is 6.29 Å². The summed E-state index contributed by atoms with van der Waals surface area (Å²) >= 11 is 5.24. The summed E-state index contributed by atoms with van der Waals surface area (Å²) in [7, 11) is 0. The molecule has 0 saturated carbocycles. The fourth-order valence-corrected chi connectivity index (χ4v) is 2.04. The largest absolute Gasteiger partial charge is 0.450 e. The molecule has 17 heavy (non-hydrogen) atoms. The van der Waals surface area contributed by atoms with Gasteiger partial charge in [-0.2, -0.15) is 0 Å². The number of fused-ring (bicyclic) bond motifs is 1. The Kier molecular flexibility index (Phi) is 2.53. The Balaban J connectivity index is 1.97. The van der Waals surface area contributed by atoms with Gasteiger partial charge in [0.15, 0.2) is 5.05 Å². The van der Waals surface area contributed by atoms with Crippen LogP contribution in [0.5, 0.6) is 5.75 Å². The van der Waals surface area contributed by atoms with Gasteiger partial charge in [0.2, 0.25) is 0 Å². The SMILES string of the molecule is S=C1OC(c2ccccc2)Oc2ccccc21. The molecule has 0 spiro atoms. The first kappa shape index (κ1) is 10.3. The highest BCUT2D eigenvalue weighted by molar-refractivity contribution is 7.80. The van der Waals surface area contributed by atoms with Crippen LogP contribution in [0.2, 0.25) is 0 Å². The average Bonchev–Trinajstić information content (AvgIpc) is 2.40. The van der Waals surface area contributed by atoms with E-state index in [1.807, 2.05) is 54.6 Å². The maximum atomic E-state index is 5.78. The van der Waals surface area contributed by atoms with Crippen LogP contribution in [0.4, 0.5) is 0 Å². The predicted octanol–water partition coefficient (Wildman–Crippen LogP) is 3.47. The van der Waals surface area contributed by atoms with Crippen LogP contribution in [0.3, 0.4) is 0 Å². The van der Waals surface area contributed by atoms with Crippen LogP contribution < -0.4 is 4.74 Å². The average molecular weight is 242 g/mol. The highest BCUT2D eigenvalue weighted by Gasteiger charge is 2.25. The molecule has 0 bridgehead atoms. The third-order valence-electron chi connectivity index (χ3n) is 2.63. The molecule has 1 aliphatic rings. The lowest BCUT2D eigenvalue weighted by atomic mass is 10.1. The smallest absolute Gasteiger partial charge is 0.268 e. The maximum absolute atomic E-state index is 5.78. The summed E-state index contributed by atoms with van der Waals surface area (Å²) < 4.78 is 11.4. The van der Waals surface area contributed by atoms with Gasteiger partial charge in [-0.25, -0.2) is 0 Å². The molecule has 84 valence electrons. The minimum atomic E-state index is -0.446. The Labute approximate surface area is 105 Å². The third-order valence-corrected chi connectivity index (χ3v) is 2.94. The zero-order valence-corrected chi connectivity index (χ0v) is 9.81. The summed E-state index contributed by atoms with van der Waals surface area (Å²) in [6, 6.07) is 17.4. The van der Waals surface area contributed by atoms with Crippen LogP contribution in [0.15, 0.2) is 54.6 Å². The highest BCUT2D eigenvalue weighted by atomic mass is 32.1. The molecule has 0 N–H and O–H groups in total. The molecule has 3 heteroatoms. The Hall–Kier alpha value is -1.87. The van der Waals surface area contributed by atoms with Gasteiger partial charge in [-0.15, -0.1) is 0 Å². The predicted molar refractivity (Wildman–Crippen MR) is 69.0 cm³/mol. The van der Waals surface area contributed by atoms with E-state index >= 15 is 0 Å². The Morgan fingerprint density at radius 3 is 2.35 bits per heavy atom. The van der Waals surface area contributed by atoms with Gasteiger partial charge in [0.1, 0.15) is 5.75 Å². The van der Waals surface area contributed by atoms with Crippen LogP contribution in [0, 0.1) is 0 Å². The van der Waals surface area contributed by atoms with E-state index in [0.717, 1.165) is 16.9 Å². The van der Waals surface area contributed by atoms with E-state index in [1.54, 1.807) is 0 Å². The minimum Gasteiger partial charge on any atom is -0.450 e. The van der Waals surface area contributed by atoms with Crippen molar-refractivity contribution in [3.63, 3.8) is 0 Å². The maximum Gasteiger partial charge on any atom is 0.268 e. The molecule has 0 saturated heterocycles. The van der Waals surface area contributed by atoms with Crippen molar-refractivity contribution >= 4 is 17.3 Å². The normalized spacial score (nSPS) is 17.9. The number of para-hydroxylation sites is 1. The van der Waals surface area contributed by atoms with E-state index in [4.69, 9.17) is 21.7 Å². The van der Waals surface area contributed by atoms with Crippen LogP contribution in [-0.4, -0.2) is 5.05 Å². The summed E-state index contributed by atoms with van der Waals surface area (Å²) in [6.45, 7) is 0. The first-order valence-electron chi connectivity index (χ1n) is 5.36. The number of benzene rings is 2. The quantitative estimate of drug-likeness (QED) is 0.713. The summed E-state index contributed by atoms with van der Waals surface area (Å²) in [6.07, 6.45) is -0.446. The van der Waals surface area contributed by atoms with Crippen molar-refractivity contribution in [1.29, 1.82) is 0 Å². The standard InChI is InChI=1S/C14H10O2S/c17-14-11-8-4-5-9-12(11)15-13(16-14)10-6-2-1-3-7-10/h1-9,13H. The molecule has 0 radical (unpaired) electrons. The molecule has 1 atom stereocenters. The number of ether oxygens (including phenoxy) is 2. The summed E-state index contributed by atoms with van der Waals surface area (Å²) in [5.41, 5.74) is 1.80. The zero-order chi connectivity index (χ0) is 11.7. The molecule has 2 aromatic rings. The zero-order valence-electron chi connectivity index (χ0n) is 9.00. The van der Waals surface area contributed by atoms with Gasteiger partial charge in [-0.05, 0) is 24.4 Å². The van der Waals surface area contributed by atoms with Gasteiger partial charge in [0, 0.05) is 5.56 Å². The van der Waals surface area contributed by atoms with E-state index in [2.05, 4.69) is 0 Å². The molecule has 0 aliphatic carbocycles. The van der Waals surface area contributed by atoms with Gasteiger partial charge in [0.05, 0.1) is 5.56 Å². The van der Waals surface area contributed by atoms with Gasteiger partial charge in [-0.1, -0.05) is 42.5 Å². The molecular weight excluding hydrogens is 232 g/mol. The van der Waals surface area contributed by atoms with Crippen molar-refractivity contribution in [2.45, 2.75) is 6.29 Å². The lowest BCUT2D eigenvalue weighted by Gasteiger charge is -2.27. The molecule has 1 unspecified atom stereocenters. The van der Waals surface area contributed by atoms with Crippen LogP contribution in [0.1, 0.15) is 17.4 Å². The second-order valence-electron chi connectivity index (χ2n) is 3.76. The highest BCUT2D eigenvalue weighted by Crippen LogP contribution is 2.32. The van der Waals surface area contributed by atoms with Gasteiger partial charge in [-0.3, -0.25) is 0 Å². The van der Waals surface area contributed by atoms with Gasteiger partial charge < -0.3 is 9.47 Å². The molecule has 0 fully saturated rings. The van der Waals surface area contributed by atoms with Crippen molar-refractivity contribution in [3.05, 3.63) is 65.7 Å². The lowest BCUT2D eigenvalue weighted by Crippen LogP contribution is -2.22.